The van der Waals surface area contributed by atoms with E-state index in [-0.39, 0.29) is 5.91 Å². The Labute approximate surface area is 156 Å². The summed E-state index contributed by atoms with van der Waals surface area (Å²) in [6.45, 7) is 6.11. The summed E-state index contributed by atoms with van der Waals surface area (Å²) < 4.78 is 10.6. The van der Waals surface area contributed by atoms with E-state index in [0.717, 1.165) is 27.0 Å². The summed E-state index contributed by atoms with van der Waals surface area (Å²) in [6.07, 6.45) is 0. The Balaban J connectivity index is 1.84. The van der Waals surface area contributed by atoms with Crippen LogP contribution in [0.3, 0.4) is 0 Å². The number of carbonyl (C=O) groups is 1. The molecule has 0 unspecified atom stereocenters. The molecule has 6 nitrogen and oxygen atoms in total. The second kappa shape index (κ2) is 7.29. The summed E-state index contributed by atoms with van der Waals surface area (Å²) in [5.74, 6) is 1.98. The van der Waals surface area contributed by atoms with Crippen LogP contribution in [0, 0.1) is 20.8 Å². The molecule has 0 atom stereocenters. The first-order valence-corrected chi connectivity index (χ1v) is 8.99. The van der Waals surface area contributed by atoms with Crippen LogP contribution in [0.1, 0.15) is 32.3 Å². The fourth-order valence-corrected chi connectivity index (χ4v) is 4.14. The second-order valence-corrected chi connectivity index (χ2v) is 6.95. The van der Waals surface area contributed by atoms with Crippen molar-refractivity contribution in [3.63, 3.8) is 0 Å². The van der Waals surface area contributed by atoms with Crippen LogP contribution in [0.5, 0.6) is 11.5 Å². The first-order valence-electron chi connectivity index (χ1n) is 8.18. The van der Waals surface area contributed by atoms with E-state index < -0.39 is 0 Å². The Kier molecular flexibility index (Phi) is 5.08. The van der Waals surface area contributed by atoms with Gasteiger partial charge >= 0.3 is 0 Å². The SMILES string of the molecule is COc1ccc(CNC(=O)c2sc3nc(C)nc(C)c3c2C)c(OC)c1. The molecule has 0 saturated carbocycles. The molecule has 0 aliphatic heterocycles. The highest BCUT2D eigenvalue weighted by molar-refractivity contribution is 7.20. The Bertz CT molecular complexity index is 982. The molecule has 136 valence electrons. The van der Waals surface area contributed by atoms with Gasteiger partial charge in [-0.25, -0.2) is 9.97 Å². The van der Waals surface area contributed by atoms with E-state index in [9.17, 15) is 4.79 Å². The van der Waals surface area contributed by atoms with Gasteiger partial charge in [0.1, 0.15) is 22.2 Å². The maximum atomic E-state index is 12.7. The largest absolute Gasteiger partial charge is 0.497 e. The van der Waals surface area contributed by atoms with Gasteiger partial charge in [-0.15, -0.1) is 11.3 Å². The number of hydrogen-bond acceptors (Lipinski definition) is 6. The smallest absolute Gasteiger partial charge is 0.261 e. The van der Waals surface area contributed by atoms with Crippen LogP contribution in [0.4, 0.5) is 0 Å². The predicted octanol–water partition coefficient (Wildman–Crippen LogP) is 3.56. The van der Waals surface area contributed by atoms with Gasteiger partial charge in [0.2, 0.25) is 0 Å². The van der Waals surface area contributed by atoms with Crippen molar-refractivity contribution in [3.8, 4) is 11.5 Å². The molecule has 0 saturated heterocycles. The van der Waals surface area contributed by atoms with Crippen molar-refractivity contribution >= 4 is 27.5 Å². The summed E-state index contributed by atoms with van der Waals surface area (Å²) in [4.78, 5) is 23.1. The molecule has 26 heavy (non-hydrogen) atoms. The molecule has 2 aromatic heterocycles. The topological polar surface area (TPSA) is 73.3 Å². The average molecular weight is 371 g/mol. The number of hydrogen-bond donors (Lipinski definition) is 1. The predicted molar refractivity (Wildman–Crippen MR) is 102 cm³/mol. The molecule has 1 aromatic carbocycles. The summed E-state index contributed by atoms with van der Waals surface area (Å²) in [5.41, 5.74) is 2.70. The molecule has 1 N–H and O–H groups in total. The zero-order chi connectivity index (χ0) is 18.8. The monoisotopic (exact) mass is 371 g/mol. The van der Waals surface area contributed by atoms with Gasteiger partial charge in [-0.1, -0.05) is 0 Å². The number of aromatic nitrogens is 2. The number of thiophene rings is 1. The number of fused-ring (bicyclic) bond motifs is 1. The van der Waals surface area contributed by atoms with Gasteiger partial charge in [0.25, 0.3) is 5.91 Å². The third-order valence-electron chi connectivity index (χ3n) is 4.22. The van der Waals surface area contributed by atoms with E-state index in [1.807, 2.05) is 32.9 Å². The van der Waals surface area contributed by atoms with Crippen LogP contribution in [-0.2, 0) is 6.54 Å². The van der Waals surface area contributed by atoms with E-state index in [1.54, 1.807) is 20.3 Å². The van der Waals surface area contributed by atoms with Crippen molar-refractivity contribution in [1.82, 2.24) is 15.3 Å². The van der Waals surface area contributed by atoms with E-state index in [1.165, 1.54) is 11.3 Å². The summed E-state index contributed by atoms with van der Waals surface area (Å²) >= 11 is 1.40. The van der Waals surface area contributed by atoms with E-state index in [4.69, 9.17) is 9.47 Å². The Morgan fingerprint density at radius 1 is 1.15 bits per heavy atom. The van der Waals surface area contributed by atoms with Gasteiger partial charge in [0.15, 0.2) is 0 Å². The Morgan fingerprint density at radius 3 is 2.62 bits per heavy atom. The number of methoxy groups -OCH3 is 2. The summed E-state index contributed by atoms with van der Waals surface area (Å²) in [5, 5.41) is 3.93. The molecular formula is C19H21N3O3S. The maximum absolute atomic E-state index is 12.7. The van der Waals surface area contributed by atoms with Gasteiger partial charge in [-0.3, -0.25) is 4.79 Å². The Morgan fingerprint density at radius 2 is 1.92 bits per heavy atom. The van der Waals surface area contributed by atoms with Gasteiger partial charge in [-0.05, 0) is 38.5 Å². The standard InChI is InChI=1S/C19H21N3O3S/c1-10-16-11(2)21-12(3)22-19(16)26-17(10)18(23)20-9-13-6-7-14(24-4)8-15(13)25-5/h6-8H,9H2,1-5H3,(H,20,23). The number of carbonyl (C=O) groups excluding carboxylic acids is 1. The van der Waals surface area contributed by atoms with Crippen LogP contribution < -0.4 is 14.8 Å². The van der Waals surface area contributed by atoms with Crippen LogP contribution in [-0.4, -0.2) is 30.1 Å². The van der Waals surface area contributed by atoms with Crippen molar-refractivity contribution in [2.24, 2.45) is 0 Å². The normalized spacial score (nSPS) is 10.8. The van der Waals surface area contributed by atoms with Crippen molar-refractivity contribution < 1.29 is 14.3 Å². The minimum absolute atomic E-state index is 0.125. The highest BCUT2D eigenvalue weighted by atomic mass is 32.1. The zero-order valence-corrected chi connectivity index (χ0v) is 16.3. The number of rotatable bonds is 5. The first kappa shape index (κ1) is 18.1. The van der Waals surface area contributed by atoms with Gasteiger partial charge in [-0.2, -0.15) is 0 Å². The summed E-state index contributed by atoms with van der Waals surface area (Å²) in [7, 11) is 3.20. The molecule has 0 spiro atoms. The Hall–Kier alpha value is -2.67. The quantitative estimate of drug-likeness (QED) is 0.742. The molecule has 0 fully saturated rings. The van der Waals surface area contributed by atoms with Crippen molar-refractivity contribution in [2.75, 3.05) is 14.2 Å². The van der Waals surface area contributed by atoms with Crippen LogP contribution in [0.25, 0.3) is 10.2 Å². The van der Waals surface area contributed by atoms with E-state index in [2.05, 4.69) is 15.3 Å². The van der Waals surface area contributed by atoms with Gasteiger partial charge in [0, 0.05) is 29.3 Å². The molecule has 1 amide bonds. The number of benzene rings is 1. The molecule has 7 heteroatoms. The molecule has 0 radical (unpaired) electrons. The van der Waals surface area contributed by atoms with Crippen LogP contribution in [0.2, 0.25) is 0 Å². The highest BCUT2D eigenvalue weighted by Crippen LogP contribution is 2.31. The number of aryl methyl sites for hydroxylation is 3. The molecular weight excluding hydrogens is 350 g/mol. The van der Waals surface area contributed by atoms with Gasteiger partial charge in [0.05, 0.1) is 19.1 Å². The second-order valence-electron chi connectivity index (χ2n) is 5.95. The fraction of sp³-hybridized carbons (Fsp3) is 0.316. The molecule has 0 bridgehead atoms. The lowest BCUT2D eigenvalue weighted by Crippen LogP contribution is -2.22. The summed E-state index contributed by atoms with van der Waals surface area (Å²) in [6, 6.07) is 5.53. The van der Waals surface area contributed by atoms with Crippen molar-refractivity contribution in [3.05, 3.63) is 45.7 Å². The first-order chi connectivity index (χ1) is 12.4. The number of ether oxygens (including phenoxy) is 2. The molecule has 2 heterocycles. The third-order valence-corrected chi connectivity index (χ3v) is 5.41. The molecule has 0 aliphatic carbocycles. The van der Waals surface area contributed by atoms with Crippen LogP contribution >= 0.6 is 11.3 Å². The van der Waals surface area contributed by atoms with Gasteiger partial charge < -0.3 is 14.8 Å². The molecule has 0 aliphatic rings. The van der Waals surface area contributed by atoms with Crippen molar-refractivity contribution in [2.45, 2.75) is 27.3 Å². The van der Waals surface area contributed by atoms with Crippen LogP contribution in [0.15, 0.2) is 18.2 Å². The minimum atomic E-state index is -0.125. The highest BCUT2D eigenvalue weighted by Gasteiger charge is 2.19. The lowest BCUT2D eigenvalue weighted by atomic mass is 10.1. The minimum Gasteiger partial charge on any atom is -0.497 e. The third kappa shape index (κ3) is 3.35. The van der Waals surface area contributed by atoms with E-state index in [0.29, 0.717) is 28.7 Å². The number of nitrogens with zero attached hydrogens (tertiary/aromatic N) is 2. The van der Waals surface area contributed by atoms with Crippen molar-refractivity contribution in [1.29, 1.82) is 0 Å². The molecule has 3 rings (SSSR count). The molecule has 3 aromatic rings. The maximum Gasteiger partial charge on any atom is 0.261 e. The zero-order valence-electron chi connectivity index (χ0n) is 15.5. The van der Waals surface area contributed by atoms with E-state index >= 15 is 0 Å². The number of nitrogens with one attached hydrogen (secondary N) is 1. The lowest BCUT2D eigenvalue weighted by molar-refractivity contribution is 0.0954. The number of amides is 1. The lowest BCUT2D eigenvalue weighted by Gasteiger charge is -2.11. The average Bonchev–Trinajstić information content (AvgIpc) is 2.96. The fourth-order valence-electron chi connectivity index (χ4n) is 2.94.